The van der Waals surface area contributed by atoms with Crippen molar-refractivity contribution in [3.63, 3.8) is 0 Å². The van der Waals surface area contributed by atoms with Crippen molar-refractivity contribution < 1.29 is 4.79 Å². The number of fused-ring (bicyclic) bond motifs is 1. The number of carbonyl (C=O) groups is 1. The van der Waals surface area contributed by atoms with Crippen LogP contribution in [-0.4, -0.2) is 17.3 Å². The van der Waals surface area contributed by atoms with E-state index in [0.717, 1.165) is 11.4 Å². The SMILES string of the molecule is CC12CSC=C1NC(=O)N2. The van der Waals surface area contributed by atoms with Crippen LogP contribution in [0, 0.1) is 0 Å². The summed E-state index contributed by atoms with van der Waals surface area (Å²) >= 11 is 1.73. The topological polar surface area (TPSA) is 41.1 Å². The quantitative estimate of drug-likeness (QED) is 0.540. The van der Waals surface area contributed by atoms with Gasteiger partial charge in [-0.2, -0.15) is 0 Å². The van der Waals surface area contributed by atoms with Crippen molar-refractivity contribution in [3.8, 4) is 0 Å². The maximum atomic E-state index is 10.8. The normalized spacial score (nSPS) is 36.5. The second kappa shape index (κ2) is 1.69. The molecule has 2 N–H and O–H groups in total. The Bertz CT molecular complexity index is 226. The zero-order valence-corrected chi connectivity index (χ0v) is 6.42. The molecule has 0 radical (unpaired) electrons. The van der Waals surface area contributed by atoms with Crippen LogP contribution in [0.5, 0.6) is 0 Å². The Morgan fingerprint density at radius 3 is 3.30 bits per heavy atom. The van der Waals surface area contributed by atoms with E-state index in [1.807, 2.05) is 12.3 Å². The fraction of sp³-hybridized carbons (Fsp3) is 0.500. The molecule has 0 bridgehead atoms. The fourth-order valence-corrected chi connectivity index (χ4v) is 2.30. The Morgan fingerprint density at radius 2 is 2.60 bits per heavy atom. The average molecular weight is 156 g/mol. The predicted octanol–water partition coefficient (Wildman–Crippen LogP) is 0.646. The lowest BCUT2D eigenvalue weighted by Crippen LogP contribution is -2.39. The van der Waals surface area contributed by atoms with Crippen molar-refractivity contribution in [1.29, 1.82) is 0 Å². The molecule has 2 amide bonds. The number of thioether (sulfide) groups is 1. The minimum atomic E-state index is -0.109. The van der Waals surface area contributed by atoms with E-state index < -0.39 is 0 Å². The van der Waals surface area contributed by atoms with Gasteiger partial charge in [0.1, 0.15) is 0 Å². The van der Waals surface area contributed by atoms with E-state index in [0.29, 0.717) is 0 Å². The number of urea groups is 1. The molecule has 0 spiro atoms. The average Bonchev–Trinajstić information content (AvgIpc) is 2.20. The van der Waals surface area contributed by atoms with Crippen LogP contribution in [0.3, 0.4) is 0 Å². The highest BCUT2D eigenvalue weighted by Gasteiger charge is 2.40. The molecule has 1 saturated heterocycles. The van der Waals surface area contributed by atoms with Gasteiger partial charge in [-0.1, -0.05) is 0 Å². The molecule has 0 aromatic rings. The third kappa shape index (κ3) is 0.653. The first-order valence-electron chi connectivity index (χ1n) is 3.12. The van der Waals surface area contributed by atoms with Gasteiger partial charge in [-0.15, -0.1) is 11.8 Å². The third-order valence-electron chi connectivity index (χ3n) is 1.81. The van der Waals surface area contributed by atoms with Gasteiger partial charge in [0.25, 0.3) is 0 Å². The number of hydrogen-bond acceptors (Lipinski definition) is 2. The lowest BCUT2D eigenvalue weighted by molar-refractivity contribution is 0.246. The van der Waals surface area contributed by atoms with E-state index in [1.54, 1.807) is 11.8 Å². The van der Waals surface area contributed by atoms with Gasteiger partial charge in [-0.25, -0.2) is 4.79 Å². The van der Waals surface area contributed by atoms with Crippen molar-refractivity contribution >= 4 is 17.8 Å². The molecule has 2 aliphatic rings. The Balaban J connectivity index is 2.35. The van der Waals surface area contributed by atoms with Gasteiger partial charge in [0.2, 0.25) is 0 Å². The van der Waals surface area contributed by atoms with E-state index >= 15 is 0 Å². The summed E-state index contributed by atoms with van der Waals surface area (Å²) < 4.78 is 0. The molecule has 4 heteroatoms. The van der Waals surface area contributed by atoms with Crippen LogP contribution in [0.25, 0.3) is 0 Å². The van der Waals surface area contributed by atoms with Gasteiger partial charge in [-0.3, -0.25) is 0 Å². The molecule has 1 atom stereocenters. The largest absolute Gasteiger partial charge is 0.326 e. The second-order valence-corrected chi connectivity index (χ2v) is 3.61. The summed E-state index contributed by atoms with van der Waals surface area (Å²) in [5, 5.41) is 7.60. The first-order valence-corrected chi connectivity index (χ1v) is 4.17. The molecule has 0 aliphatic carbocycles. The maximum Gasteiger partial charge on any atom is 0.319 e. The Hall–Kier alpha value is -0.640. The van der Waals surface area contributed by atoms with Gasteiger partial charge < -0.3 is 10.6 Å². The van der Waals surface area contributed by atoms with E-state index in [4.69, 9.17) is 0 Å². The maximum absolute atomic E-state index is 10.8. The van der Waals surface area contributed by atoms with Crippen LogP contribution in [0.4, 0.5) is 4.79 Å². The highest BCUT2D eigenvalue weighted by Crippen LogP contribution is 2.32. The van der Waals surface area contributed by atoms with Gasteiger partial charge in [0.05, 0.1) is 11.2 Å². The first kappa shape index (κ1) is 6.09. The summed E-state index contributed by atoms with van der Waals surface area (Å²) in [6, 6.07) is -0.0750. The summed E-state index contributed by atoms with van der Waals surface area (Å²) in [4.78, 5) is 10.8. The fourth-order valence-electron chi connectivity index (χ4n) is 1.17. The Labute approximate surface area is 63.2 Å². The van der Waals surface area contributed by atoms with E-state index in [9.17, 15) is 4.79 Å². The molecule has 1 unspecified atom stereocenters. The van der Waals surface area contributed by atoms with Crippen LogP contribution >= 0.6 is 11.8 Å². The number of hydrogen-bond donors (Lipinski definition) is 2. The minimum Gasteiger partial charge on any atom is -0.326 e. The molecule has 3 nitrogen and oxygen atoms in total. The number of carbonyl (C=O) groups excluding carboxylic acids is 1. The number of rotatable bonds is 0. The molecule has 1 fully saturated rings. The van der Waals surface area contributed by atoms with Gasteiger partial charge in [-0.05, 0) is 12.3 Å². The molecular formula is C6H8N2OS. The zero-order chi connectivity index (χ0) is 7.19. The molecule has 0 saturated carbocycles. The highest BCUT2D eigenvalue weighted by molar-refractivity contribution is 8.02. The summed E-state index contributed by atoms with van der Waals surface area (Å²) in [5.41, 5.74) is 0.907. The monoisotopic (exact) mass is 156 g/mol. The van der Waals surface area contributed by atoms with Crippen LogP contribution in [0.15, 0.2) is 11.1 Å². The second-order valence-electron chi connectivity index (χ2n) is 2.75. The molecule has 2 aliphatic heterocycles. The van der Waals surface area contributed by atoms with Crippen molar-refractivity contribution in [2.75, 3.05) is 5.75 Å². The third-order valence-corrected chi connectivity index (χ3v) is 2.95. The zero-order valence-electron chi connectivity index (χ0n) is 5.60. The summed E-state index contributed by atoms with van der Waals surface area (Å²) in [6.45, 7) is 2.02. The molecule has 54 valence electrons. The van der Waals surface area contributed by atoms with E-state index in [1.165, 1.54) is 0 Å². The molecular weight excluding hydrogens is 148 g/mol. The number of amides is 2. The van der Waals surface area contributed by atoms with Crippen LogP contribution in [-0.2, 0) is 0 Å². The highest BCUT2D eigenvalue weighted by atomic mass is 32.2. The van der Waals surface area contributed by atoms with Gasteiger partial charge >= 0.3 is 6.03 Å². The summed E-state index contributed by atoms with van der Waals surface area (Å²) in [6.07, 6.45) is 0. The van der Waals surface area contributed by atoms with Crippen LogP contribution < -0.4 is 10.6 Å². The molecule has 0 aromatic carbocycles. The molecule has 2 heterocycles. The summed E-state index contributed by atoms with van der Waals surface area (Å²) in [7, 11) is 0. The minimum absolute atomic E-state index is 0.0750. The van der Waals surface area contributed by atoms with Crippen LogP contribution in [0.1, 0.15) is 6.92 Å². The predicted molar refractivity (Wildman–Crippen MR) is 40.6 cm³/mol. The van der Waals surface area contributed by atoms with Crippen molar-refractivity contribution in [3.05, 3.63) is 11.1 Å². The molecule has 0 aromatic heterocycles. The van der Waals surface area contributed by atoms with Crippen molar-refractivity contribution in [2.24, 2.45) is 0 Å². The lowest BCUT2D eigenvalue weighted by atomic mass is 10.0. The molecule has 10 heavy (non-hydrogen) atoms. The van der Waals surface area contributed by atoms with Crippen molar-refractivity contribution in [2.45, 2.75) is 12.5 Å². The Kier molecular flexibility index (Phi) is 1.03. The number of nitrogens with one attached hydrogen (secondary N) is 2. The summed E-state index contributed by atoms with van der Waals surface area (Å²) in [5.74, 6) is 0.946. The standard InChI is InChI=1S/C6H8N2OS/c1-6-3-10-2-4(6)7-5(9)8-6/h2H,3H2,1H3,(H2,7,8,9). The van der Waals surface area contributed by atoms with Crippen molar-refractivity contribution in [1.82, 2.24) is 10.6 Å². The van der Waals surface area contributed by atoms with E-state index in [2.05, 4.69) is 10.6 Å². The molecule has 2 rings (SSSR count). The van der Waals surface area contributed by atoms with Gasteiger partial charge in [0.15, 0.2) is 0 Å². The Morgan fingerprint density at radius 1 is 1.80 bits per heavy atom. The van der Waals surface area contributed by atoms with Crippen LogP contribution in [0.2, 0.25) is 0 Å². The lowest BCUT2D eigenvalue weighted by Gasteiger charge is -2.16. The van der Waals surface area contributed by atoms with Gasteiger partial charge in [0, 0.05) is 5.75 Å². The first-order chi connectivity index (χ1) is 4.71. The van der Waals surface area contributed by atoms with E-state index in [-0.39, 0.29) is 11.6 Å². The smallest absolute Gasteiger partial charge is 0.319 e.